The van der Waals surface area contributed by atoms with E-state index in [1.54, 1.807) is 35.8 Å². The number of para-hydroxylation sites is 1. The molecule has 6 rings (SSSR count). The standard InChI is InChI=1S/C35H39N5O6S/c1-6-37(7-2)34(43)31-22(3)36-35-40(32(31)26-19-24(44-4)12-13-28(26)45-5)33(42)29(47-35)18-23-20-39(27-11-9-8-10-25(23)27)21-30(41)38-14-16-46-17-15-38/h8-13,18-20,32H,6-7,14-17,21H2,1-5H3/b29-18-/t32-/m1/s1. The number of hydrogen-bond acceptors (Lipinski definition) is 8. The molecule has 1 fully saturated rings. The Hall–Kier alpha value is -4.68. The van der Waals surface area contributed by atoms with E-state index in [-0.39, 0.29) is 23.9 Å². The van der Waals surface area contributed by atoms with Crippen molar-refractivity contribution < 1.29 is 23.8 Å². The van der Waals surface area contributed by atoms with Gasteiger partial charge in [0, 0.05) is 54.4 Å². The first-order valence-electron chi connectivity index (χ1n) is 15.8. The molecule has 1 saturated heterocycles. The van der Waals surface area contributed by atoms with E-state index in [0.29, 0.717) is 77.1 Å². The van der Waals surface area contributed by atoms with Crippen LogP contribution < -0.4 is 24.4 Å². The van der Waals surface area contributed by atoms with Crippen molar-refractivity contribution in [2.75, 3.05) is 53.6 Å². The summed E-state index contributed by atoms with van der Waals surface area (Å²) in [5.41, 5.74) is 3.02. The molecule has 246 valence electrons. The molecule has 0 radical (unpaired) electrons. The van der Waals surface area contributed by atoms with Crippen molar-refractivity contribution in [3.05, 3.63) is 90.7 Å². The Morgan fingerprint density at radius 3 is 2.53 bits per heavy atom. The topological polar surface area (TPSA) is 108 Å². The molecule has 2 aromatic carbocycles. The summed E-state index contributed by atoms with van der Waals surface area (Å²) in [6.07, 6.45) is 3.78. The van der Waals surface area contributed by atoms with Gasteiger partial charge in [-0.15, -0.1) is 0 Å². The van der Waals surface area contributed by atoms with Crippen LogP contribution in [-0.2, 0) is 20.9 Å². The van der Waals surface area contributed by atoms with Gasteiger partial charge in [-0.1, -0.05) is 29.5 Å². The van der Waals surface area contributed by atoms with Gasteiger partial charge in [-0.2, -0.15) is 0 Å². The number of methoxy groups -OCH3 is 2. The number of carbonyl (C=O) groups is 2. The van der Waals surface area contributed by atoms with E-state index in [2.05, 4.69) is 0 Å². The molecular formula is C35H39N5O6S. The molecule has 4 heterocycles. The van der Waals surface area contributed by atoms with Gasteiger partial charge in [-0.05, 0) is 51.1 Å². The molecule has 0 spiro atoms. The van der Waals surface area contributed by atoms with E-state index in [1.165, 1.54) is 11.3 Å². The Labute approximate surface area is 276 Å². The average Bonchev–Trinajstić information content (AvgIpc) is 3.60. The van der Waals surface area contributed by atoms with Crippen LogP contribution >= 0.6 is 11.3 Å². The number of aromatic nitrogens is 2. The van der Waals surface area contributed by atoms with Crippen molar-refractivity contribution in [3.8, 4) is 11.5 Å². The van der Waals surface area contributed by atoms with E-state index < -0.39 is 6.04 Å². The van der Waals surface area contributed by atoms with Crippen molar-refractivity contribution in [2.45, 2.75) is 33.4 Å². The van der Waals surface area contributed by atoms with Crippen LogP contribution in [0, 0.1) is 0 Å². The number of thiazole rings is 1. The van der Waals surface area contributed by atoms with Crippen molar-refractivity contribution in [2.24, 2.45) is 4.99 Å². The summed E-state index contributed by atoms with van der Waals surface area (Å²) in [6.45, 7) is 9.09. The number of benzene rings is 2. The monoisotopic (exact) mass is 657 g/mol. The van der Waals surface area contributed by atoms with Crippen LogP contribution in [0.3, 0.4) is 0 Å². The number of likely N-dealkylation sites (N-methyl/N-ethyl adjacent to an activating group) is 1. The molecule has 1 atom stereocenters. The van der Waals surface area contributed by atoms with Gasteiger partial charge in [0.25, 0.3) is 11.5 Å². The molecule has 0 unspecified atom stereocenters. The van der Waals surface area contributed by atoms with Crippen molar-refractivity contribution >= 4 is 40.1 Å². The molecular weight excluding hydrogens is 618 g/mol. The minimum absolute atomic E-state index is 0.0214. The van der Waals surface area contributed by atoms with Crippen LogP contribution in [0.4, 0.5) is 0 Å². The lowest BCUT2D eigenvalue weighted by atomic mass is 9.93. The number of hydrogen-bond donors (Lipinski definition) is 0. The molecule has 2 aliphatic heterocycles. The Morgan fingerprint density at radius 1 is 1.09 bits per heavy atom. The third-order valence-electron chi connectivity index (χ3n) is 8.81. The first-order chi connectivity index (χ1) is 22.8. The SMILES string of the molecule is CCN(CC)C(=O)C1=C(C)N=c2s/c(=C\c3cn(CC(=O)N4CCOCC4)c4ccccc34)c(=O)n2[C@@H]1c1cc(OC)ccc1OC. The van der Waals surface area contributed by atoms with Crippen LogP contribution in [-0.4, -0.2) is 84.4 Å². The zero-order valence-electron chi connectivity index (χ0n) is 27.3. The molecule has 47 heavy (non-hydrogen) atoms. The summed E-state index contributed by atoms with van der Waals surface area (Å²) in [5.74, 6) is 0.936. The molecule has 0 aliphatic carbocycles. The maximum Gasteiger partial charge on any atom is 0.271 e. The summed E-state index contributed by atoms with van der Waals surface area (Å²) >= 11 is 1.27. The Balaban J connectivity index is 1.51. The summed E-state index contributed by atoms with van der Waals surface area (Å²) < 4.78 is 20.7. The van der Waals surface area contributed by atoms with E-state index in [1.807, 2.05) is 72.8 Å². The van der Waals surface area contributed by atoms with Gasteiger partial charge in [-0.3, -0.25) is 19.0 Å². The van der Waals surface area contributed by atoms with Crippen LogP contribution in [0.5, 0.6) is 11.5 Å². The number of nitrogens with zero attached hydrogens (tertiary/aromatic N) is 5. The lowest BCUT2D eigenvalue weighted by Gasteiger charge is -2.30. The fraction of sp³-hybridized carbons (Fsp3) is 0.371. The molecule has 4 aromatic rings. The number of rotatable bonds is 9. The zero-order chi connectivity index (χ0) is 33.2. The molecule has 12 heteroatoms. The third kappa shape index (κ3) is 5.98. The van der Waals surface area contributed by atoms with Gasteiger partial charge in [0.15, 0.2) is 4.80 Å². The van der Waals surface area contributed by atoms with Gasteiger partial charge < -0.3 is 28.6 Å². The number of allylic oxidation sites excluding steroid dienone is 1. The quantitative estimate of drug-likeness (QED) is 0.274. The number of ether oxygens (including phenoxy) is 3. The highest BCUT2D eigenvalue weighted by atomic mass is 32.1. The molecule has 0 N–H and O–H groups in total. The zero-order valence-corrected chi connectivity index (χ0v) is 28.1. The van der Waals surface area contributed by atoms with E-state index in [0.717, 1.165) is 16.5 Å². The van der Waals surface area contributed by atoms with Crippen LogP contribution in [0.15, 0.2) is 69.7 Å². The normalized spacial score (nSPS) is 16.7. The van der Waals surface area contributed by atoms with Gasteiger partial charge in [0.1, 0.15) is 24.1 Å². The van der Waals surface area contributed by atoms with Gasteiger partial charge in [0.05, 0.1) is 43.2 Å². The van der Waals surface area contributed by atoms with Crippen molar-refractivity contribution in [1.82, 2.24) is 18.9 Å². The average molecular weight is 658 g/mol. The minimum atomic E-state index is -0.793. The molecule has 2 aromatic heterocycles. The second-order valence-electron chi connectivity index (χ2n) is 11.4. The van der Waals surface area contributed by atoms with Crippen molar-refractivity contribution in [1.29, 1.82) is 0 Å². The van der Waals surface area contributed by atoms with Gasteiger partial charge in [0.2, 0.25) is 5.91 Å². The predicted molar refractivity (Wildman–Crippen MR) is 181 cm³/mol. The molecule has 0 saturated carbocycles. The molecule has 2 aliphatic rings. The smallest absolute Gasteiger partial charge is 0.271 e. The lowest BCUT2D eigenvalue weighted by molar-refractivity contribution is -0.135. The number of morpholine rings is 1. The van der Waals surface area contributed by atoms with Gasteiger partial charge in [-0.25, -0.2) is 4.99 Å². The van der Waals surface area contributed by atoms with E-state index >= 15 is 0 Å². The maximum absolute atomic E-state index is 14.4. The van der Waals surface area contributed by atoms with Gasteiger partial charge >= 0.3 is 0 Å². The summed E-state index contributed by atoms with van der Waals surface area (Å²) in [6, 6.07) is 12.4. The summed E-state index contributed by atoms with van der Waals surface area (Å²) in [5, 5.41) is 0.924. The van der Waals surface area contributed by atoms with E-state index in [9.17, 15) is 14.4 Å². The highest BCUT2D eigenvalue weighted by molar-refractivity contribution is 7.07. The fourth-order valence-electron chi connectivity index (χ4n) is 6.34. The van der Waals surface area contributed by atoms with Crippen LogP contribution in [0.2, 0.25) is 0 Å². The number of amides is 2. The second kappa shape index (κ2) is 13.6. The number of fused-ring (bicyclic) bond motifs is 2. The molecule has 2 amide bonds. The molecule has 11 nitrogen and oxygen atoms in total. The predicted octanol–water partition coefficient (Wildman–Crippen LogP) is 2.93. The van der Waals surface area contributed by atoms with E-state index in [4.69, 9.17) is 19.2 Å². The third-order valence-corrected chi connectivity index (χ3v) is 9.79. The maximum atomic E-state index is 14.4. The summed E-state index contributed by atoms with van der Waals surface area (Å²) in [7, 11) is 3.14. The Kier molecular flexibility index (Phi) is 9.33. The molecule has 0 bridgehead atoms. The van der Waals surface area contributed by atoms with Crippen LogP contribution in [0.25, 0.3) is 17.0 Å². The Bertz CT molecular complexity index is 2050. The van der Waals surface area contributed by atoms with Crippen LogP contribution in [0.1, 0.15) is 37.9 Å². The highest BCUT2D eigenvalue weighted by Crippen LogP contribution is 2.38. The first-order valence-corrected chi connectivity index (χ1v) is 16.6. The minimum Gasteiger partial charge on any atom is -0.497 e. The lowest BCUT2D eigenvalue weighted by Crippen LogP contribution is -2.43. The number of carbonyl (C=O) groups excluding carboxylic acids is 2. The second-order valence-corrected chi connectivity index (χ2v) is 12.4. The van der Waals surface area contributed by atoms with Crippen molar-refractivity contribution in [3.63, 3.8) is 0 Å². The highest BCUT2D eigenvalue weighted by Gasteiger charge is 2.36. The first kappa shape index (κ1) is 32.3. The fourth-order valence-corrected chi connectivity index (χ4v) is 7.38. The largest absolute Gasteiger partial charge is 0.497 e. The Morgan fingerprint density at radius 2 is 1.83 bits per heavy atom. The summed E-state index contributed by atoms with van der Waals surface area (Å²) in [4.78, 5) is 50.5.